The second-order valence-corrected chi connectivity index (χ2v) is 6.54. The number of halogens is 2. The maximum atomic E-state index is 13.0. The monoisotopic (exact) mass is 342 g/mol. The van der Waals surface area contributed by atoms with Gasteiger partial charge in [-0.25, -0.2) is 0 Å². The molecular formula is C20H16Cl2O. The molecule has 0 fully saturated rings. The van der Waals surface area contributed by atoms with E-state index in [-0.39, 0.29) is 5.78 Å². The Labute approximate surface area is 146 Å². The first-order chi connectivity index (χ1) is 11.1. The van der Waals surface area contributed by atoms with Crippen LogP contribution >= 0.6 is 23.2 Å². The molecule has 0 spiro atoms. The van der Waals surface area contributed by atoms with E-state index in [1.54, 1.807) is 12.1 Å². The fourth-order valence-electron chi connectivity index (χ4n) is 3.62. The molecule has 2 aromatic carbocycles. The van der Waals surface area contributed by atoms with E-state index in [1.807, 2.05) is 36.4 Å². The van der Waals surface area contributed by atoms with Gasteiger partial charge in [0.2, 0.25) is 0 Å². The van der Waals surface area contributed by atoms with Gasteiger partial charge in [0.15, 0.2) is 5.78 Å². The Morgan fingerprint density at radius 1 is 0.957 bits per heavy atom. The van der Waals surface area contributed by atoms with E-state index in [1.165, 1.54) is 0 Å². The second-order valence-electron chi connectivity index (χ2n) is 5.72. The number of benzene rings is 2. The molecule has 3 heteroatoms. The van der Waals surface area contributed by atoms with Gasteiger partial charge >= 0.3 is 0 Å². The number of hydrogen-bond acceptors (Lipinski definition) is 1. The minimum absolute atomic E-state index is 0.0770. The molecule has 0 radical (unpaired) electrons. The molecule has 2 aromatic rings. The van der Waals surface area contributed by atoms with E-state index in [2.05, 4.69) is 13.2 Å². The minimum Gasteiger partial charge on any atom is -0.289 e. The second kappa shape index (κ2) is 5.99. The van der Waals surface area contributed by atoms with Crippen molar-refractivity contribution >= 4 is 29.0 Å². The van der Waals surface area contributed by atoms with Gasteiger partial charge in [-0.1, -0.05) is 59.6 Å². The predicted molar refractivity (Wildman–Crippen MR) is 96.7 cm³/mol. The quantitative estimate of drug-likeness (QED) is 0.625. The minimum atomic E-state index is -0.467. The molecule has 0 aromatic heterocycles. The third kappa shape index (κ3) is 2.27. The van der Waals surface area contributed by atoms with Crippen LogP contribution in [0.2, 0.25) is 10.0 Å². The lowest BCUT2D eigenvalue weighted by Gasteiger charge is -2.40. The van der Waals surface area contributed by atoms with Gasteiger partial charge in [0.1, 0.15) is 0 Å². The van der Waals surface area contributed by atoms with Crippen LogP contribution in [-0.4, -0.2) is 5.78 Å². The number of rotatable bonds is 4. The Hall–Kier alpha value is -1.83. The third-order valence-electron chi connectivity index (χ3n) is 4.48. The molecule has 0 aliphatic heterocycles. The van der Waals surface area contributed by atoms with Crippen LogP contribution in [-0.2, 0) is 5.41 Å². The molecule has 0 bridgehead atoms. The van der Waals surface area contributed by atoms with Crippen LogP contribution < -0.4 is 0 Å². The summed E-state index contributed by atoms with van der Waals surface area (Å²) in [6.07, 6.45) is 5.01. The van der Waals surface area contributed by atoms with Crippen molar-refractivity contribution in [2.75, 3.05) is 0 Å². The third-order valence-corrected chi connectivity index (χ3v) is 5.11. The molecular weight excluding hydrogens is 327 g/mol. The van der Waals surface area contributed by atoms with Crippen molar-refractivity contribution < 1.29 is 4.79 Å². The van der Waals surface area contributed by atoms with E-state index >= 15 is 0 Å². The number of fused-ring (bicyclic) bond motifs is 2. The smallest absolute Gasteiger partial charge is 0.195 e. The summed E-state index contributed by atoms with van der Waals surface area (Å²) in [5.74, 6) is -0.0770. The highest BCUT2D eigenvalue weighted by Gasteiger charge is 2.44. The standard InChI is InChI=1S/C20H16Cl2O/c1-3-11-20(12-4-2)14-8-6-9-15(21)17(14)19(23)13-7-5-10-16(22)18(13)20/h3-10H,1-2,11-12H2. The first kappa shape index (κ1) is 16.0. The van der Waals surface area contributed by atoms with Gasteiger partial charge in [-0.3, -0.25) is 4.79 Å². The van der Waals surface area contributed by atoms with Crippen LogP contribution in [0.25, 0.3) is 0 Å². The molecule has 1 aliphatic rings. The zero-order chi connectivity index (χ0) is 16.6. The Morgan fingerprint density at radius 2 is 1.57 bits per heavy atom. The summed E-state index contributed by atoms with van der Waals surface area (Å²) >= 11 is 12.9. The van der Waals surface area contributed by atoms with E-state index in [0.29, 0.717) is 34.0 Å². The lowest BCUT2D eigenvalue weighted by molar-refractivity contribution is 0.103. The van der Waals surface area contributed by atoms with Gasteiger partial charge in [0.05, 0.1) is 5.02 Å². The summed E-state index contributed by atoms with van der Waals surface area (Å²) in [7, 11) is 0. The average molecular weight is 343 g/mol. The molecule has 1 aliphatic carbocycles. The summed E-state index contributed by atoms with van der Waals surface area (Å²) in [5.41, 5.74) is 2.46. The number of hydrogen-bond donors (Lipinski definition) is 0. The molecule has 0 heterocycles. The summed E-state index contributed by atoms with van der Waals surface area (Å²) in [6, 6.07) is 11.0. The van der Waals surface area contributed by atoms with Crippen molar-refractivity contribution in [1.29, 1.82) is 0 Å². The van der Waals surface area contributed by atoms with Crippen molar-refractivity contribution in [2.24, 2.45) is 0 Å². The highest BCUT2D eigenvalue weighted by atomic mass is 35.5. The highest BCUT2D eigenvalue weighted by Crippen LogP contribution is 2.50. The van der Waals surface area contributed by atoms with Crippen LogP contribution in [0.4, 0.5) is 0 Å². The number of ketones is 1. The zero-order valence-electron chi connectivity index (χ0n) is 12.6. The van der Waals surface area contributed by atoms with Crippen LogP contribution in [0.3, 0.4) is 0 Å². The molecule has 1 nitrogen and oxygen atoms in total. The SMILES string of the molecule is C=CCC1(CC=C)c2cccc(Cl)c2C(=O)c2cccc(Cl)c21. The van der Waals surface area contributed by atoms with Crippen molar-refractivity contribution in [2.45, 2.75) is 18.3 Å². The predicted octanol–water partition coefficient (Wildman–Crippen LogP) is 5.98. The van der Waals surface area contributed by atoms with Gasteiger partial charge in [-0.15, -0.1) is 13.2 Å². The fourth-order valence-corrected chi connectivity index (χ4v) is 4.24. The maximum absolute atomic E-state index is 13.0. The summed E-state index contributed by atoms with van der Waals surface area (Å²) in [5, 5.41) is 1.06. The molecule has 23 heavy (non-hydrogen) atoms. The van der Waals surface area contributed by atoms with E-state index < -0.39 is 5.41 Å². The molecule has 0 unspecified atom stereocenters. The molecule has 3 rings (SSSR count). The number of carbonyl (C=O) groups is 1. The molecule has 0 amide bonds. The van der Waals surface area contributed by atoms with Gasteiger partial charge < -0.3 is 0 Å². The summed E-state index contributed by atoms with van der Waals surface area (Å²) in [6.45, 7) is 7.81. The van der Waals surface area contributed by atoms with Crippen LogP contribution in [0, 0.1) is 0 Å². The van der Waals surface area contributed by atoms with Gasteiger partial charge in [-0.05, 0) is 36.1 Å². The van der Waals surface area contributed by atoms with Gasteiger partial charge in [0, 0.05) is 21.6 Å². The number of allylic oxidation sites excluding steroid dienone is 2. The van der Waals surface area contributed by atoms with E-state index in [9.17, 15) is 4.79 Å². The fraction of sp³-hybridized carbons (Fsp3) is 0.150. The van der Waals surface area contributed by atoms with Crippen LogP contribution in [0.1, 0.15) is 39.9 Å². The summed E-state index contributed by atoms with van der Waals surface area (Å²) < 4.78 is 0. The van der Waals surface area contributed by atoms with Gasteiger partial charge in [0.25, 0.3) is 0 Å². The molecule has 116 valence electrons. The molecule has 0 saturated carbocycles. The van der Waals surface area contributed by atoms with Crippen LogP contribution in [0.15, 0.2) is 61.7 Å². The Morgan fingerprint density at radius 3 is 2.22 bits per heavy atom. The van der Waals surface area contributed by atoms with Crippen molar-refractivity contribution in [1.82, 2.24) is 0 Å². The van der Waals surface area contributed by atoms with E-state index in [4.69, 9.17) is 23.2 Å². The first-order valence-electron chi connectivity index (χ1n) is 7.41. The lowest BCUT2D eigenvalue weighted by atomic mass is 9.62. The van der Waals surface area contributed by atoms with Crippen molar-refractivity contribution in [3.05, 3.63) is 94.0 Å². The Balaban J connectivity index is 2.47. The van der Waals surface area contributed by atoms with Crippen molar-refractivity contribution in [3.8, 4) is 0 Å². The number of carbonyl (C=O) groups excluding carboxylic acids is 1. The highest BCUT2D eigenvalue weighted by molar-refractivity contribution is 6.36. The lowest BCUT2D eigenvalue weighted by Crippen LogP contribution is -2.35. The summed E-state index contributed by atoms with van der Waals surface area (Å²) in [4.78, 5) is 13.0. The Bertz CT molecular complexity index is 810. The topological polar surface area (TPSA) is 17.1 Å². The average Bonchev–Trinajstić information content (AvgIpc) is 2.53. The molecule has 0 atom stereocenters. The van der Waals surface area contributed by atoms with E-state index in [0.717, 1.165) is 11.1 Å². The Kier molecular flexibility index (Phi) is 4.18. The normalized spacial score (nSPS) is 14.8. The van der Waals surface area contributed by atoms with Gasteiger partial charge in [-0.2, -0.15) is 0 Å². The zero-order valence-corrected chi connectivity index (χ0v) is 14.1. The molecule has 0 N–H and O–H groups in total. The molecule has 0 saturated heterocycles. The van der Waals surface area contributed by atoms with Crippen LogP contribution in [0.5, 0.6) is 0 Å². The largest absolute Gasteiger partial charge is 0.289 e. The van der Waals surface area contributed by atoms with Crippen molar-refractivity contribution in [3.63, 3.8) is 0 Å². The maximum Gasteiger partial charge on any atom is 0.195 e. The first-order valence-corrected chi connectivity index (χ1v) is 8.17.